The van der Waals surface area contributed by atoms with Crippen LogP contribution in [0, 0.1) is 12.3 Å². The average molecular weight is 251 g/mol. The maximum atomic E-state index is 12.0. The molecule has 1 aromatic heterocycles. The molecule has 0 saturated heterocycles. The number of hydrogen-bond acceptors (Lipinski definition) is 4. The van der Waals surface area contributed by atoms with Gasteiger partial charge in [-0.15, -0.1) is 6.58 Å². The third-order valence-corrected chi connectivity index (χ3v) is 2.41. The van der Waals surface area contributed by atoms with Gasteiger partial charge in [0.25, 0.3) is 0 Å². The molecule has 18 heavy (non-hydrogen) atoms. The third kappa shape index (κ3) is 3.19. The maximum absolute atomic E-state index is 12.0. The van der Waals surface area contributed by atoms with E-state index in [1.165, 1.54) is 13.8 Å². The molecule has 6 nitrogen and oxygen atoms in total. The van der Waals surface area contributed by atoms with E-state index in [0.717, 1.165) is 0 Å². The topological polar surface area (TPSA) is 84.2 Å². The minimum absolute atomic E-state index is 0.294. The second kappa shape index (κ2) is 5.48. The van der Waals surface area contributed by atoms with Gasteiger partial charge in [0.15, 0.2) is 5.82 Å². The molecule has 0 radical (unpaired) electrons. The smallest absolute Gasteiger partial charge is 0.240 e. The average Bonchev–Trinajstić information content (AvgIpc) is 2.71. The van der Waals surface area contributed by atoms with E-state index in [4.69, 9.17) is 4.52 Å². The first-order chi connectivity index (χ1) is 8.37. The van der Waals surface area contributed by atoms with Crippen molar-refractivity contribution in [1.29, 1.82) is 0 Å². The highest BCUT2D eigenvalue weighted by Crippen LogP contribution is 2.18. The largest absolute Gasteiger partial charge is 0.360 e. The summed E-state index contributed by atoms with van der Waals surface area (Å²) < 4.78 is 4.82. The number of nitrogens with zero attached hydrogens (tertiary/aromatic N) is 1. The first-order valence-electron chi connectivity index (χ1n) is 5.52. The predicted molar refractivity (Wildman–Crippen MR) is 66.9 cm³/mol. The molecule has 0 aliphatic carbocycles. The van der Waals surface area contributed by atoms with Crippen molar-refractivity contribution in [3.63, 3.8) is 0 Å². The van der Waals surface area contributed by atoms with Crippen LogP contribution in [0.3, 0.4) is 0 Å². The van der Waals surface area contributed by atoms with Crippen molar-refractivity contribution in [2.75, 3.05) is 11.9 Å². The Labute approximate surface area is 105 Å². The lowest BCUT2D eigenvalue weighted by Crippen LogP contribution is -2.45. The molecule has 0 bridgehead atoms. The van der Waals surface area contributed by atoms with Crippen molar-refractivity contribution in [2.45, 2.75) is 20.8 Å². The van der Waals surface area contributed by atoms with Crippen LogP contribution in [0.2, 0.25) is 0 Å². The number of hydrogen-bond donors (Lipinski definition) is 2. The van der Waals surface area contributed by atoms with Crippen molar-refractivity contribution < 1.29 is 14.1 Å². The van der Waals surface area contributed by atoms with Crippen molar-refractivity contribution in [1.82, 2.24) is 10.5 Å². The monoisotopic (exact) mass is 251 g/mol. The lowest BCUT2D eigenvalue weighted by Gasteiger charge is -2.21. The van der Waals surface area contributed by atoms with E-state index in [9.17, 15) is 9.59 Å². The molecule has 1 rings (SSSR count). The van der Waals surface area contributed by atoms with Gasteiger partial charge in [0.2, 0.25) is 11.8 Å². The molecule has 0 atom stereocenters. The van der Waals surface area contributed by atoms with Gasteiger partial charge in [0.05, 0.1) is 0 Å². The second-order valence-corrected chi connectivity index (χ2v) is 4.40. The molecule has 0 aliphatic heterocycles. The van der Waals surface area contributed by atoms with Gasteiger partial charge in [-0.05, 0) is 20.8 Å². The molecule has 0 aromatic carbocycles. The first kappa shape index (κ1) is 14.0. The summed E-state index contributed by atoms with van der Waals surface area (Å²) >= 11 is 0. The molecule has 0 fully saturated rings. The van der Waals surface area contributed by atoms with Gasteiger partial charge < -0.3 is 15.2 Å². The lowest BCUT2D eigenvalue weighted by atomic mass is 9.91. The fourth-order valence-electron chi connectivity index (χ4n) is 1.19. The van der Waals surface area contributed by atoms with Gasteiger partial charge in [-0.25, -0.2) is 0 Å². The number of aromatic nitrogens is 1. The summed E-state index contributed by atoms with van der Waals surface area (Å²) in [5, 5.41) is 8.75. The number of carbonyl (C=O) groups is 2. The van der Waals surface area contributed by atoms with Gasteiger partial charge in [-0.2, -0.15) is 0 Å². The Morgan fingerprint density at radius 1 is 1.50 bits per heavy atom. The quantitative estimate of drug-likeness (QED) is 0.609. The number of amides is 2. The minimum Gasteiger partial charge on any atom is -0.360 e. The Morgan fingerprint density at radius 2 is 2.17 bits per heavy atom. The number of nitrogens with one attached hydrogen (secondary N) is 2. The highest BCUT2D eigenvalue weighted by atomic mass is 16.5. The molecular weight excluding hydrogens is 234 g/mol. The van der Waals surface area contributed by atoms with Crippen LogP contribution in [-0.4, -0.2) is 23.5 Å². The van der Waals surface area contributed by atoms with E-state index in [1.54, 1.807) is 19.1 Å². The molecular formula is C12H17N3O3. The molecule has 0 unspecified atom stereocenters. The molecule has 2 N–H and O–H groups in total. The summed E-state index contributed by atoms with van der Waals surface area (Å²) in [7, 11) is 0. The van der Waals surface area contributed by atoms with Crippen LogP contribution in [-0.2, 0) is 9.59 Å². The van der Waals surface area contributed by atoms with Crippen LogP contribution < -0.4 is 10.6 Å². The van der Waals surface area contributed by atoms with Crippen LogP contribution >= 0.6 is 0 Å². The van der Waals surface area contributed by atoms with Crippen LogP contribution in [0.25, 0.3) is 0 Å². The summed E-state index contributed by atoms with van der Waals surface area (Å²) in [4.78, 5) is 23.8. The molecule has 1 aromatic rings. The van der Waals surface area contributed by atoms with E-state index in [2.05, 4.69) is 22.4 Å². The minimum atomic E-state index is -1.20. The Hall–Kier alpha value is -2.11. The standard InChI is InChI=1S/C12H17N3O3/c1-5-6-13-10(16)12(3,4)11(17)14-9-7-8(2)18-15-9/h5,7H,1,6H2,2-4H3,(H,13,16)(H,14,15,17). The second-order valence-electron chi connectivity index (χ2n) is 4.40. The third-order valence-electron chi connectivity index (χ3n) is 2.41. The van der Waals surface area contributed by atoms with E-state index in [1.807, 2.05) is 0 Å². The zero-order valence-electron chi connectivity index (χ0n) is 10.7. The summed E-state index contributed by atoms with van der Waals surface area (Å²) in [6.45, 7) is 8.59. The SMILES string of the molecule is C=CCNC(=O)C(C)(C)C(=O)Nc1cc(C)on1. The number of aryl methyl sites for hydroxylation is 1. The summed E-state index contributed by atoms with van der Waals surface area (Å²) in [6.07, 6.45) is 1.55. The van der Waals surface area contributed by atoms with E-state index < -0.39 is 11.3 Å². The molecule has 0 saturated carbocycles. The lowest BCUT2D eigenvalue weighted by molar-refractivity contribution is -0.138. The molecule has 98 valence electrons. The van der Waals surface area contributed by atoms with Crippen molar-refractivity contribution in [3.05, 3.63) is 24.5 Å². The zero-order valence-corrected chi connectivity index (χ0v) is 10.7. The number of carbonyl (C=O) groups excluding carboxylic acids is 2. The van der Waals surface area contributed by atoms with E-state index in [-0.39, 0.29) is 5.91 Å². The molecule has 1 heterocycles. The van der Waals surface area contributed by atoms with E-state index in [0.29, 0.717) is 18.1 Å². The van der Waals surface area contributed by atoms with Crippen LogP contribution in [0.1, 0.15) is 19.6 Å². The highest BCUT2D eigenvalue weighted by molar-refractivity contribution is 6.09. The first-order valence-corrected chi connectivity index (χ1v) is 5.52. The Bertz CT molecular complexity index is 463. The van der Waals surface area contributed by atoms with Gasteiger partial charge in [0, 0.05) is 12.6 Å². The van der Waals surface area contributed by atoms with Crippen molar-refractivity contribution in [2.24, 2.45) is 5.41 Å². The van der Waals surface area contributed by atoms with Gasteiger partial charge in [0.1, 0.15) is 11.2 Å². The summed E-state index contributed by atoms with van der Waals surface area (Å²) in [5.74, 6) is 0.0544. The fraction of sp³-hybridized carbons (Fsp3) is 0.417. The van der Waals surface area contributed by atoms with Crippen molar-refractivity contribution >= 4 is 17.6 Å². The van der Waals surface area contributed by atoms with Gasteiger partial charge in [-0.3, -0.25) is 9.59 Å². The maximum Gasteiger partial charge on any atom is 0.240 e. The Kier molecular flexibility index (Phi) is 4.25. The van der Waals surface area contributed by atoms with Crippen LogP contribution in [0.4, 0.5) is 5.82 Å². The highest BCUT2D eigenvalue weighted by Gasteiger charge is 2.36. The van der Waals surface area contributed by atoms with Crippen LogP contribution in [0.5, 0.6) is 0 Å². The van der Waals surface area contributed by atoms with Gasteiger partial charge >= 0.3 is 0 Å². The molecule has 6 heteroatoms. The van der Waals surface area contributed by atoms with Gasteiger partial charge in [-0.1, -0.05) is 11.2 Å². The van der Waals surface area contributed by atoms with Crippen molar-refractivity contribution in [3.8, 4) is 0 Å². The summed E-state index contributed by atoms with van der Waals surface area (Å²) in [5.41, 5.74) is -1.20. The summed E-state index contributed by atoms with van der Waals surface area (Å²) in [6, 6.07) is 1.58. The van der Waals surface area contributed by atoms with E-state index >= 15 is 0 Å². The van der Waals surface area contributed by atoms with Crippen LogP contribution in [0.15, 0.2) is 23.2 Å². The molecule has 2 amide bonds. The molecule has 0 spiro atoms. The zero-order chi connectivity index (χ0) is 13.8. The fourth-order valence-corrected chi connectivity index (χ4v) is 1.19. The number of rotatable bonds is 5. The molecule has 0 aliphatic rings. The Balaban J connectivity index is 2.69. The number of anilines is 1. The Morgan fingerprint density at radius 3 is 2.67 bits per heavy atom. The predicted octanol–water partition coefficient (Wildman–Crippen LogP) is 1.25. The normalized spacial score (nSPS) is 10.8.